The zero-order valence-corrected chi connectivity index (χ0v) is 20.5. The van der Waals surface area contributed by atoms with Crippen molar-refractivity contribution in [3.05, 3.63) is 54.7 Å². The lowest BCUT2D eigenvalue weighted by Gasteiger charge is -2.16. The maximum absolute atomic E-state index is 12.7. The third-order valence-corrected chi connectivity index (χ3v) is 6.45. The normalized spacial score (nSPS) is 15.3. The molecular weight excluding hydrogens is 450 g/mol. The van der Waals surface area contributed by atoms with Crippen LogP contribution >= 0.6 is 11.8 Å². The fourth-order valence-electron chi connectivity index (χ4n) is 3.94. The Hall–Kier alpha value is -2.97. The highest BCUT2D eigenvalue weighted by Gasteiger charge is 2.21. The predicted octanol–water partition coefficient (Wildman–Crippen LogP) is 5.26. The van der Waals surface area contributed by atoms with E-state index < -0.39 is 0 Å². The summed E-state index contributed by atoms with van der Waals surface area (Å²) in [5.74, 6) is 1.42. The third-order valence-electron chi connectivity index (χ3n) is 5.46. The highest BCUT2D eigenvalue weighted by Crippen LogP contribution is 2.31. The van der Waals surface area contributed by atoms with Crippen LogP contribution in [0.15, 0.2) is 59.9 Å². The molecule has 180 valence electrons. The van der Waals surface area contributed by atoms with Crippen LogP contribution in [-0.4, -0.2) is 47.1 Å². The number of amides is 1. The van der Waals surface area contributed by atoms with Gasteiger partial charge in [0.2, 0.25) is 5.91 Å². The molecule has 0 aliphatic carbocycles. The SMILES string of the molecule is CCOc1ccc(NC(=O)CSc2ncc(-c3ccccc3)n2C[C@H]2CCCO2)cc1OCC. The molecule has 0 radical (unpaired) electrons. The first-order valence-corrected chi connectivity index (χ1v) is 12.7. The molecule has 1 fully saturated rings. The van der Waals surface area contributed by atoms with E-state index in [-0.39, 0.29) is 17.8 Å². The zero-order chi connectivity index (χ0) is 23.8. The fraction of sp³-hybridized carbons (Fsp3) is 0.385. The molecule has 1 aromatic heterocycles. The van der Waals surface area contributed by atoms with E-state index in [1.807, 2.05) is 50.4 Å². The molecule has 1 aliphatic rings. The average Bonchev–Trinajstić information content (AvgIpc) is 3.51. The van der Waals surface area contributed by atoms with Crippen molar-refractivity contribution >= 4 is 23.4 Å². The second-order valence-corrected chi connectivity index (χ2v) is 8.84. The molecule has 0 unspecified atom stereocenters. The van der Waals surface area contributed by atoms with Crippen LogP contribution in [0.3, 0.4) is 0 Å². The lowest BCUT2D eigenvalue weighted by Crippen LogP contribution is -2.18. The molecule has 3 aromatic rings. The molecule has 1 saturated heterocycles. The Morgan fingerprint density at radius 3 is 2.68 bits per heavy atom. The number of thioether (sulfide) groups is 1. The molecule has 2 heterocycles. The first-order valence-electron chi connectivity index (χ1n) is 11.7. The van der Waals surface area contributed by atoms with Gasteiger partial charge < -0.3 is 24.1 Å². The van der Waals surface area contributed by atoms with E-state index in [1.54, 1.807) is 6.07 Å². The average molecular weight is 482 g/mol. The predicted molar refractivity (Wildman–Crippen MR) is 135 cm³/mol. The summed E-state index contributed by atoms with van der Waals surface area (Å²) in [6, 6.07) is 15.6. The van der Waals surface area contributed by atoms with Gasteiger partial charge in [0.15, 0.2) is 16.7 Å². The molecular formula is C26H31N3O4S. The molecule has 1 atom stereocenters. The molecule has 0 spiro atoms. The van der Waals surface area contributed by atoms with E-state index in [2.05, 4.69) is 27.0 Å². The molecule has 4 rings (SSSR count). The number of rotatable bonds is 11. The van der Waals surface area contributed by atoms with Crippen LogP contribution in [0.4, 0.5) is 5.69 Å². The number of carbonyl (C=O) groups excluding carboxylic acids is 1. The van der Waals surface area contributed by atoms with Crippen molar-refractivity contribution in [3.63, 3.8) is 0 Å². The highest BCUT2D eigenvalue weighted by molar-refractivity contribution is 7.99. The van der Waals surface area contributed by atoms with Gasteiger partial charge in [-0.2, -0.15) is 0 Å². The van der Waals surface area contributed by atoms with E-state index >= 15 is 0 Å². The third kappa shape index (κ3) is 6.12. The second-order valence-electron chi connectivity index (χ2n) is 7.90. The summed E-state index contributed by atoms with van der Waals surface area (Å²) in [5.41, 5.74) is 2.80. The van der Waals surface area contributed by atoms with Crippen LogP contribution in [0.25, 0.3) is 11.3 Å². The summed E-state index contributed by atoms with van der Waals surface area (Å²) in [6.45, 7) is 6.44. The molecule has 1 amide bonds. The number of ether oxygens (including phenoxy) is 3. The van der Waals surface area contributed by atoms with E-state index in [9.17, 15) is 4.79 Å². The van der Waals surface area contributed by atoms with Crippen LogP contribution in [0.5, 0.6) is 11.5 Å². The van der Waals surface area contributed by atoms with Crippen molar-refractivity contribution in [2.45, 2.75) is 44.5 Å². The van der Waals surface area contributed by atoms with Crippen molar-refractivity contribution in [1.82, 2.24) is 9.55 Å². The maximum atomic E-state index is 12.7. The van der Waals surface area contributed by atoms with Crippen molar-refractivity contribution < 1.29 is 19.0 Å². The van der Waals surface area contributed by atoms with Gasteiger partial charge in [0, 0.05) is 18.4 Å². The largest absolute Gasteiger partial charge is 0.490 e. The van der Waals surface area contributed by atoms with Gasteiger partial charge in [-0.05, 0) is 44.4 Å². The molecule has 34 heavy (non-hydrogen) atoms. The minimum Gasteiger partial charge on any atom is -0.490 e. The van der Waals surface area contributed by atoms with Crippen LogP contribution < -0.4 is 14.8 Å². The van der Waals surface area contributed by atoms with Gasteiger partial charge in [-0.25, -0.2) is 4.98 Å². The lowest BCUT2D eigenvalue weighted by atomic mass is 10.1. The standard InChI is InChI=1S/C26H31N3O4S/c1-3-31-23-13-12-20(15-24(23)32-4-2)28-25(30)18-34-26-27-16-22(19-9-6-5-7-10-19)29(26)17-21-11-8-14-33-21/h5-7,9-10,12-13,15-16,21H,3-4,8,11,14,17-18H2,1-2H3,(H,28,30)/t21-/m1/s1. The van der Waals surface area contributed by atoms with Crippen LogP contribution in [0, 0.1) is 0 Å². The number of imidazole rings is 1. The van der Waals surface area contributed by atoms with Crippen molar-refractivity contribution in [3.8, 4) is 22.8 Å². The summed E-state index contributed by atoms with van der Waals surface area (Å²) in [5, 5.41) is 3.77. The molecule has 0 bridgehead atoms. The van der Waals surface area contributed by atoms with Crippen LogP contribution in [-0.2, 0) is 16.1 Å². The Morgan fingerprint density at radius 1 is 1.15 bits per heavy atom. The molecule has 1 N–H and O–H groups in total. The Balaban J connectivity index is 1.45. The van der Waals surface area contributed by atoms with E-state index in [4.69, 9.17) is 14.2 Å². The number of nitrogens with zero attached hydrogens (tertiary/aromatic N) is 2. The number of anilines is 1. The van der Waals surface area contributed by atoms with Gasteiger partial charge in [-0.1, -0.05) is 42.1 Å². The maximum Gasteiger partial charge on any atom is 0.234 e. The van der Waals surface area contributed by atoms with Crippen LogP contribution in [0.1, 0.15) is 26.7 Å². The number of benzene rings is 2. The minimum absolute atomic E-state index is 0.107. The van der Waals surface area contributed by atoms with Gasteiger partial charge in [0.1, 0.15) is 0 Å². The summed E-state index contributed by atoms with van der Waals surface area (Å²) in [4.78, 5) is 17.4. The number of nitrogens with one attached hydrogen (secondary N) is 1. The zero-order valence-electron chi connectivity index (χ0n) is 19.7. The molecule has 1 aliphatic heterocycles. The smallest absolute Gasteiger partial charge is 0.234 e. The monoisotopic (exact) mass is 481 g/mol. The second kappa shape index (κ2) is 11.9. The van der Waals surface area contributed by atoms with Gasteiger partial charge in [0.25, 0.3) is 0 Å². The first kappa shape index (κ1) is 24.2. The van der Waals surface area contributed by atoms with Crippen molar-refractivity contribution in [1.29, 1.82) is 0 Å². The lowest BCUT2D eigenvalue weighted by molar-refractivity contribution is -0.113. The topological polar surface area (TPSA) is 74.6 Å². The molecule has 8 heteroatoms. The van der Waals surface area contributed by atoms with E-state index in [0.29, 0.717) is 30.4 Å². The van der Waals surface area contributed by atoms with Gasteiger partial charge in [-0.15, -0.1) is 0 Å². The molecule has 2 aromatic carbocycles. The fourth-order valence-corrected chi connectivity index (χ4v) is 4.73. The number of hydrogen-bond donors (Lipinski definition) is 1. The Kier molecular flexibility index (Phi) is 8.49. The highest BCUT2D eigenvalue weighted by atomic mass is 32.2. The molecule has 0 saturated carbocycles. The van der Waals surface area contributed by atoms with E-state index in [0.717, 1.165) is 42.4 Å². The summed E-state index contributed by atoms with van der Waals surface area (Å²) in [7, 11) is 0. The number of hydrogen-bond acceptors (Lipinski definition) is 6. The Morgan fingerprint density at radius 2 is 1.94 bits per heavy atom. The minimum atomic E-state index is -0.107. The number of carbonyl (C=O) groups is 1. The Bertz CT molecular complexity index is 1080. The van der Waals surface area contributed by atoms with Crippen LogP contribution in [0.2, 0.25) is 0 Å². The van der Waals surface area contributed by atoms with E-state index in [1.165, 1.54) is 11.8 Å². The quantitative estimate of drug-likeness (QED) is 0.377. The van der Waals surface area contributed by atoms with Crippen molar-refractivity contribution in [2.24, 2.45) is 0 Å². The van der Waals surface area contributed by atoms with Gasteiger partial charge >= 0.3 is 0 Å². The van der Waals surface area contributed by atoms with Gasteiger partial charge in [-0.3, -0.25) is 4.79 Å². The summed E-state index contributed by atoms with van der Waals surface area (Å²) in [6.07, 6.45) is 4.17. The van der Waals surface area contributed by atoms with Crippen molar-refractivity contribution in [2.75, 3.05) is 30.9 Å². The molecule has 7 nitrogen and oxygen atoms in total. The Labute approximate surface area is 204 Å². The first-order chi connectivity index (χ1) is 16.7. The summed E-state index contributed by atoms with van der Waals surface area (Å²) >= 11 is 1.43. The summed E-state index contributed by atoms with van der Waals surface area (Å²) < 4.78 is 19.3. The number of aromatic nitrogens is 2. The van der Waals surface area contributed by atoms with Gasteiger partial charge in [0.05, 0.1) is 43.5 Å².